The molecule has 3 aromatic rings. The molecule has 0 radical (unpaired) electrons. The summed E-state index contributed by atoms with van der Waals surface area (Å²) in [7, 11) is -3.61. The van der Waals surface area contributed by atoms with Gasteiger partial charge in [-0.25, -0.2) is 13.1 Å². The Hall–Kier alpha value is -2.60. The van der Waals surface area contributed by atoms with E-state index in [1.165, 1.54) is 5.56 Å². The number of hydrogen-bond donors (Lipinski definition) is 1. The highest BCUT2D eigenvalue weighted by atomic mass is 32.2. The Morgan fingerprint density at radius 2 is 1.76 bits per heavy atom. The maximum Gasteiger partial charge on any atom is 0.261 e. The minimum absolute atomic E-state index is 0.221. The molecule has 0 saturated heterocycles. The first-order chi connectivity index (χ1) is 12.1. The molecule has 0 aliphatic heterocycles. The molecule has 0 saturated carbocycles. The lowest BCUT2D eigenvalue weighted by molar-refractivity contribution is 0.601. The van der Waals surface area contributed by atoms with E-state index < -0.39 is 10.0 Å². The van der Waals surface area contributed by atoms with E-state index in [2.05, 4.69) is 16.7 Å². The summed E-state index contributed by atoms with van der Waals surface area (Å²) in [5.74, 6) is 0. The van der Waals surface area contributed by atoms with Crippen LogP contribution < -0.4 is 4.72 Å². The maximum atomic E-state index is 12.5. The fourth-order valence-corrected chi connectivity index (χ4v) is 3.59. The van der Waals surface area contributed by atoms with Crippen LogP contribution in [0.25, 0.3) is 5.69 Å². The van der Waals surface area contributed by atoms with Gasteiger partial charge in [0.1, 0.15) is 0 Å². The zero-order valence-electron chi connectivity index (χ0n) is 14.1. The van der Waals surface area contributed by atoms with Crippen LogP contribution in [0.5, 0.6) is 0 Å². The molecular formula is C19H21N3O2S. The van der Waals surface area contributed by atoms with E-state index >= 15 is 0 Å². The van der Waals surface area contributed by atoms with Crippen molar-refractivity contribution in [3.8, 4) is 5.69 Å². The third kappa shape index (κ3) is 4.28. The molecule has 0 amide bonds. The monoisotopic (exact) mass is 355 g/mol. The lowest BCUT2D eigenvalue weighted by Gasteiger charge is -2.10. The lowest BCUT2D eigenvalue weighted by Crippen LogP contribution is -2.13. The Kier molecular flexibility index (Phi) is 5.19. The Labute approximate surface area is 148 Å². The van der Waals surface area contributed by atoms with Gasteiger partial charge in [0, 0.05) is 18.1 Å². The minimum atomic E-state index is -3.61. The number of nitrogens with zero attached hydrogens (tertiary/aromatic N) is 2. The molecule has 5 nitrogen and oxygen atoms in total. The Bertz CT molecular complexity index is 900. The van der Waals surface area contributed by atoms with Crippen molar-refractivity contribution in [3.63, 3.8) is 0 Å². The average Bonchev–Trinajstić information content (AvgIpc) is 3.16. The quantitative estimate of drug-likeness (QED) is 0.696. The molecule has 3 rings (SSSR count). The predicted molar refractivity (Wildman–Crippen MR) is 99.4 cm³/mol. The number of aromatic nitrogens is 2. The van der Waals surface area contributed by atoms with Crippen molar-refractivity contribution in [1.29, 1.82) is 0 Å². The normalized spacial score (nSPS) is 11.4. The van der Waals surface area contributed by atoms with Crippen molar-refractivity contribution >= 4 is 15.7 Å². The van der Waals surface area contributed by atoms with Gasteiger partial charge in [0.05, 0.1) is 10.6 Å². The predicted octanol–water partition coefficient (Wildman–Crippen LogP) is 4.02. The van der Waals surface area contributed by atoms with E-state index in [1.54, 1.807) is 47.3 Å². The van der Waals surface area contributed by atoms with Crippen LogP contribution in [0.4, 0.5) is 5.69 Å². The second-order valence-corrected chi connectivity index (χ2v) is 7.53. The number of aryl methyl sites for hydroxylation is 1. The van der Waals surface area contributed by atoms with Gasteiger partial charge in [0.15, 0.2) is 0 Å². The standard InChI is InChI=1S/C19H21N3O2S/c1-2-3-5-16-6-8-17(9-7-16)21-25(23,24)19-12-10-18(11-13-19)22-15-4-14-20-22/h4,6-15,21H,2-3,5H2,1H3. The molecule has 0 spiro atoms. The van der Waals surface area contributed by atoms with Crippen LogP contribution in [0, 0.1) is 0 Å². The van der Waals surface area contributed by atoms with Gasteiger partial charge >= 0.3 is 0 Å². The van der Waals surface area contributed by atoms with Crippen molar-refractivity contribution in [2.24, 2.45) is 0 Å². The van der Waals surface area contributed by atoms with E-state index in [0.29, 0.717) is 5.69 Å². The molecule has 1 aromatic heterocycles. The zero-order chi connectivity index (χ0) is 17.7. The van der Waals surface area contributed by atoms with Gasteiger partial charge in [-0.3, -0.25) is 4.72 Å². The number of sulfonamides is 1. The third-order valence-corrected chi connectivity index (χ3v) is 5.34. The first kappa shape index (κ1) is 17.2. The number of hydrogen-bond acceptors (Lipinski definition) is 3. The Morgan fingerprint density at radius 3 is 2.36 bits per heavy atom. The highest BCUT2D eigenvalue weighted by molar-refractivity contribution is 7.92. The van der Waals surface area contributed by atoms with Gasteiger partial charge in [-0.15, -0.1) is 0 Å². The topological polar surface area (TPSA) is 64.0 Å². The first-order valence-corrected chi connectivity index (χ1v) is 9.78. The summed E-state index contributed by atoms with van der Waals surface area (Å²) in [6, 6.07) is 16.0. The fourth-order valence-electron chi connectivity index (χ4n) is 2.53. The molecule has 25 heavy (non-hydrogen) atoms. The van der Waals surface area contributed by atoms with Crippen LogP contribution in [0.15, 0.2) is 71.9 Å². The maximum absolute atomic E-state index is 12.5. The van der Waals surface area contributed by atoms with E-state index in [-0.39, 0.29) is 4.90 Å². The molecular weight excluding hydrogens is 334 g/mol. The molecule has 0 unspecified atom stereocenters. The van der Waals surface area contributed by atoms with E-state index in [0.717, 1.165) is 24.9 Å². The highest BCUT2D eigenvalue weighted by Crippen LogP contribution is 2.19. The minimum Gasteiger partial charge on any atom is -0.280 e. The fraction of sp³-hybridized carbons (Fsp3) is 0.211. The summed E-state index contributed by atoms with van der Waals surface area (Å²) >= 11 is 0. The van der Waals surface area contributed by atoms with Crippen LogP contribution in [-0.2, 0) is 16.4 Å². The molecule has 2 aromatic carbocycles. The second-order valence-electron chi connectivity index (χ2n) is 5.85. The van der Waals surface area contributed by atoms with E-state index in [9.17, 15) is 8.42 Å². The smallest absolute Gasteiger partial charge is 0.261 e. The summed E-state index contributed by atoms with van der Waals surface area (Å²) in [6.07, 6.45) is 6.77. The first-order valence-electron chi connectivity index (χ1n) is 8.30. The van der Waals surface area contributed by atoms with Crippen LogP contribution in [0.1, 0.15) is 25.3 Å². The number of anilines is 1. The van der Waals surface area contributed by atoms with Crippen LogP contribution in [0.3, 0.4) is 0 Å². The molecule has 0 aliphatic carbocycles. The number of nitrogens with one attached hydrogen (secondary N) is 1. The van der Waals surface area contributed by atoms with Crippen LogP contribution in [0.2, 0.25) is 0 Å². The molecule has 0 atom stereocenters. The van der Waals surface area contributed by atoms with Gasteiger partial charge in [0.2, 0.25) is 0 Å². The summed E-state index contributed by atoms with van der Waals surface area (Å²) < 4.78 is 29.3. The van der Waals surface area contributed by atoms with Gasteiger partial charge in [-0.1, -0.05) is 25.5 Å². The van der Waals surface area contributed by atoms with Crippen molar-refractivity contribution in [2.75, 3.05) is 4.72 Å². The van der Waals surface area contributed by atoms with Gasteiger partial charge in [0.25, 0.3) is 10.0 Å². The summed E-state index contributed by atoms with van der Waals surface area (Å²) in [5.41, 5.74) is 2.59. The van der Waals surface area contributed by atoms with Crippen LogP contribution >= 0.6 is 0 Å². The highest BCUT2D eigenvalue weighted by Gasteiger charge is 2.14. The SMILES string of the molecule is CCCCc1ccc(NS(=O)(=O)c2ccc(-n3cccn3)cc2)cc1. The van der Waals surface area contributed by atoms with E-state index in [1.807, 2.05) is 24.4 Å². The molecule has 1 N–H and O–H groups in total. The lowest BCUT2D eigenvalue weighted by atomic mass is 10.1. The summed E-state index contributed by atoms with van der Waals surface area (Å²) in [6.45, 7) is 2.15. The molecule has 0 aliphatic rings. The molecule has 0 fully saturated rings. The van der Waals surface area contributed by atoms with Crippen molar-refractivity contribution in [1.82, 2.24) is 9.78 Å². The molecule has 0 bridgehead atoms. The van der Waals surface area contributed by atoms with Crippen LogP contribution in [-0.4, -0.2) is 18.2 Å². The van der Waals surface area contributed by atoms with E-state index in [4.69, 9.17) is 0 Å². The van der Waals surface area contributed by atoms with Gasteiger partial charge in [-0.05, 0) is 60.9 Å². The number of unbranched alkanes of at least 4 members (excludes halogenated alkanes) is 1. The Morgan fingerprint density at radius 1 is 1.04 bits per heavy atom. The molecule has 6 heteroatoms. The second kappa shape index (κ2) is 7.53. The molecule has 130 valence electrons. The van der Waals surface area contributed by atoms with Crippen molar-refractivity contribution in [2.45, 2.75) is 31.1 Å². The Balaban J connectivity index is 1.73. The summed E-state index contributed by atoms with van der Waals surface area (Å²) in [4.78, 5) is 0.221. The number of benzene rings is 2. The zero-order valence-corrected chi connectivity index (χ0v) is 14.9. The average molecular weight is 355 g/mol. The van der Waals surface area contributed by atoms with Gasteiger partial charge in [-0.2, -0.15) is 5.10 Å². The number of rotatable bonds is 7. The summed E-state index contributed by atoms with van der Waals surface area (Å²) in [5, 5.41) is 4.13. The van der Waals surface area contributed by atoms with Crippen molar-refractivity contribution in [3.05, 3.63) is 72.6 Å². The van der Waals surface area contributed by atoms with Crippen molar-refractivity contribution < 1.29 is 8.42 Å². The third-order valence-electron chi connectivity index (χ3n) is 3.94. The largest absolute Gasteiger partial charge is 0.280 e. The molecule has 1 heterocycles. The van der Waals surface area contributed by atoms with Gasteiger partial charge < -0.3 is 0 Å².